The smallest absolute Gasteiger partial charge is 0.168 e. The number of pyridine rings is 2. The summed E-state index contributed by atoms with van der Waals surface area (Å²) >= 11 is 0. The van der Waals surface area contributed by atoms with Crippen LogP contribution in [0.5, 0.6) is 0 Å². The van der Waals surface area contributed by atoms with Gasteiger partial charge in [-0.3, -0.25) is 19.6 Å². The van der Waals surface area contributed by atoms with Gasteiger partial charge < -0.3 is 11.5 Å². The summed E-state index contributed by atoms with van der Waals surface area (Å²) in [7, 11) is 0. The molecule has 6 heteroatoms. The highest BCUT2D eigenvalue weighted by atomic mass is 16.1. The highest BCUT2D eigenvalue weighted by Crippen LogP contribution is 2.10. The third kappa shape index (κ3) is 4.68. The molecule has 0 spiro atoms. The standard InChI is InChI=1S/C8H11N3O.C6H5NO/c9-4-7(10)6-2-1-3-11-8(6)5-12;8-5-6-3-1-2-4-7-6/h1-3,5,7H,4,9-10H2;1-5H. The zero-order chi connectivity index (χ0) is 14.8. The Morgan fingerprint density at radius 2 is 1.80 bits per heavy atom. The fourth-order valence-corrected chi connectivity index (χ4v) is 1.41. The Balaban J connectivity index is 0.000000217. The van der Waals surface area contributed by atoms with Crippen LogP contribution in [0.3, 0.4) is 0 Å². The van der Waals surface area contributed by atoms with Crippen molar-refractivity contribution in [2.45, 2.75) is 6.04 Å². The van der Waals surface area contributed by atoms with Gasteiger partial charge in [-0.05, 0) is 23.8 Å². The molecule has 4 N–H and O–H groups in total. The maximum absolute atomic E-state index is 10.5. The van der Waals surface area contributed by atoms with E-state index in [1.54, 1.807) is 42.7 Å². The molecule has 0 aliphatic carbocycles. The zero-order valence-corrected chi connectivity index (χ0v) is 10.8. The van der Waals surface area contributed by atoms with Gasteiger partial charge in [0, 0.05) is 25.0 Å². The quantitative estimate of drug-likeness (QED) is 0.794. The zero-order valence-electron chi connectivity index (χ0n) is 10.8. The Kier molecular flexibility index (Phi) is 6.74. The molecular formula is C14H16N4O2. The van der Waals surface area contributed by atoms with E-state index in [1.807, 2.05) is 0 Å². The summed E-state index contributed by atoms with van der Waals surface area (Å²) in [6, 6.07) is 8.39. The lowest BCUT2D eigenvalue weighted by Gasteiger charge is -2.09. The Morgan fingerprint density at radius 3 is 2.30 bits per heavy atom. The summed E-state index contributed by atoms with van der Waals surface area (Å²) in [4.78, 5) is 28.0. The maximum atomic E-state index is 10.5. The van der Waals surface area contributed by atoms with Crippen LogP contribution < -0.4 is 11.5 Å². The summed E-state index contributed by atoms with van der Waals surface area (Å²) in [6.45, 7) is 0.312. The molecule has 0 aromatic carbocycles. The second-order valence-corrected chi connectivity index (χ2v) is 3.81. The largest absolute Gasteiger partial charge is 0.329 e. The SMILES string of the molecule is NCC(N)c1cccnc1C=O.O=Cc1ccccn1. The van der Waals surface area contributed by atoms with E-state index >= 15 is 0 Å². The van der Waals surface area contributed by atoms with Crippen LogP contribution in [0.2, 0.25) is 0 Å². The minimum atomic E-state index is -0.307. The van der Waals surface area contributed by atoms with E-state index in [4.69, 9.17) is 11.5 Å². The number of hydrogen-bond donors (Lipinski definition) is 2. The summed E-state index contributed by atoms with van der Waals surface area (Å²) in [5.41, 5.74) is 12.6. The van der Waals surface area contributed by atoms with E-state index in [1.165, 1.54) is 0 Å². The number of carbonyl (C=O) groups is 2. The first-order valence-corrected chi connectivity index (χ1v) is 5.94. The molecule has 2 rings (SSSR count). The molecule has 0 aliphatic rings. The van der Waals surface area contributed by atoms with Crippen LogP contribution >= 0.6 is 0 Å². The average Bonchev–Trinajstić information content (AvgIpc) is 2.55. The molecule has 20 heavy (non-hydrogen) atoms. The maximum Gasteiger partial charge on any atom is 0.168 e. The fourth-order valence-electron chi connectivity index (χ4n) is 1.41. The number of nitrogens with zero attached hydrogens (tertiary/aromatic N) is 2. The van der Waals surface area contributed by atoms with E-state index in [0.29, 0.717) is 29.8 Å². The molecule has 0 radical (unpaired) electrons. The predicted octanol–water partition coefficient (Wildman–Crippen LogP) is 0.747. The van der Waals surface area contributed by atoms with Crippen LogP contribution in [0.25, 0.3) is 0 Å². The Bertz CT molecular complexity index is 546. The van der Waals surface area contributed by atoms with Gasteiger partial charge in [-0.1, -0.05) is 12.1 Å². The normalized spacial score (nSPS) is 10.9. The Hall–Kier alpha value is -2.44. The van der Waals surface area contributed by atoms with Crippen molar-refractivity contribution in [3.63, 3.8) is 0 Å². The van der Waals surface area contributed by atoms with Crippen molar-refractivity contribution in [2.24, 2.45) is 11.5 Å². The fraction of sp³-hybridized carbons (Fsp3) is 0.143. The van der Waals surface area contributed by atoms with E-state index in [9.17, 15) is 9.59 Å². The van der Waals surface area contributed by atoms with Gasteiger partial charge >= 0.3 is 0 Å². The summed E-state index contributed by atoms with van der Waals surface area (Å²) in [5.74, 6) is 0. The third-order valence-electron chi connectivity index (χ3n) is 2.44. The minimum Gasteiger partial charge on any atom is -0.329 e. The van der Waals surface area contributed by atoms with Gasteiger partial charge in [0.05, 0.1) is 0 Å². The van der Waals surface area contributed by atoms with Gasteiger partial charge in [-0.2, -0.15) is 0 Å². The van der Waals surface area contributed by atoms with Crippen molar-refractivity contribution in [1.29, 1.82) is 0 Å². The van der Waals surface area contributed by atoms with Gasteiger partial charge in [0.15, 0.2) is 12.6 Å². The van der Waals surface area contributed by atoms with E-state index < -0.39 is 0 Å². The molecule has 1 unspecified atom stereocenters. The van der Waals surface area contributed by atoms with Crippen molar-refractivity contribution in [2.75, 3.05) is 6.54 Å². The summed E-state index contributed by atoms with van der Waals surface area (Å²) in [5, 5.41) is 0. The first-order valence-electron chi connectivity index (χ1n) is 5.94. The molecule has 0 bridgehead atoms. The molecule has 0 amide bonds. The second kappa shape index (κ2) is 8.63. The van der Waals surface area contributed by atoms with Crippen molar-refractivity contribution in [3.8, 4) is 0 Å². The second-order valence-electron chi connectivity index (χ2n) is 3.81. The molecule has 2 heterocycles. The molecule has 104 valence electrons. The van der Waals surface area contributed by atoms with Crippen molar-refractivity contribution in [1.82, 2.24) is 9.97 Å². The van der Waals surface area contributed by atoms with Gasteiger partial charge in [0.1, 0.15) is 11.4 Å². The lowest BCUT2D eigenvalue weighted by atomic mass is 10.1. The predicted molar refractivity (Wildman–Crippen MR) is 75.2 cm³/mol. The summed E-state index contributed by atoms with van der Waals surface area (Å²) < 4.78 is 0. The van der Waals surface area contributed by atoms with Gasteiger partial charge in [-0.25, -0.2) is 0 Å². The Labute approximate surface area is 116 Å². The number of aldehydes is 2. The average molecular weight is 272 g/mol. The molecule has 2 aromatic rings. The van der Waals surface area contributed by atoms with Crippen LogP contribution in [0.15, 0.2) is 42.7 Å². The Morgan fingerprint density at radius 1 is 1.05 bits per heavy atom. The molecule has 0 aliphatic heterocycles. The lowest BCUT2D eigenvalue weighted by Crippen LogP contribution is -2.22. The van der Waals surface area contributed by atoms with Gasteiger partial charge in [-0.15, -0.1) is 0 Å². The van der Waals surface area contributed by atoms with Gasteiger partial charge in [0.2, 0.25) is 0 Å². The number of carbonyl (C=O) groups excluding carboxylic acids is 2. The monoisotopic (exact) mass is 272 g/mol. The molecule has 1 atom stereocenters. The third-order valence-corrected chi connectivity index (χ3v) is 2.44. The highest BCUT2D eigenvalue weighted by Gasteiger charge is 2.08. The molecule has 0 saturated heterocycles. The highest BCUT2D eigenvalue weighted by molar-refractivity contribution is 5.74. The molecule has 6 nitrogen and oxygen atoms in total. The molecule has 2 aromatic heterocycles. The molecule has 0 saturated carbocycles. The topological polar surface area (TPSA) is 112 Å². The molecule has 0 fully saturated rings. The lowest BCUT2D eigenvalue weighted by molar-refractivity contribution is 0.111. The number of nitrogens with two attached hydrogens (primary N) is 2. The van der Waals surface area contributed by atoms with E-state index in [0.717, 1.165) is 6.29 Å². The van der Waals surface area contributed by atoms with Crippen molar-refractivity contribution < 1.29 is 9.59 Å². The number of hydrogen-bond acceptors (Lipinski definition) is 6. The first-order chi connectivity index (χ1) is 9.72. The first kappa shape index (κ1) is 15.6. The van der Waals surface area contributed by atoms with Crippen LogP contribution in [0.4, 0.5) is 0 Å². The minimum absolute atomic E-state index is 0.307. The van der Waals surface area contributed by atoms with Gasteiger partial charge in [0.25, 0.3) is 0 Å². The number of rotatable bonds is 4. The van der Waals surface area contributed by atoms with Crippen LogP contribution in [-0.2, 0) is 0 Å². The van der Waals surface area contributed by atoms with Crippen molar-refractivity contribution >= 4 is 12.6 Å². The van der Waals surface area contributed by atoms with Crippen LogP contribution in [-0.4, -0.2) is 29.1 Å². The summed E-state index contributed by atoms with van der Waals surface area (Å²) in [6.07, 6.45) is 4.55. The van der Waals surface area contributed by atoms with E-state index in [2.05, 4.69) is 9.97 Å². The van der Waals surface area contributed by atoms with E-state index in [-0.39, 0.29) is 6.04 Å². The van der Waals surface area contributed by atoms with Crippen molar-refractivity contribution in [3.05, 3.63) is 59.7 Å². The van der Waals surface area contributed by atoms with Crippen LogP contribution in [0, 0.1) is 0 Å². The molecular weight excluding hydrogens is 256 g/mol. The van der Waals surface area contributed by atoms with Crippen LogP contribution in [0.1, 0.15) is 32.6 Å². The number of aromatic nitrogens is 2.